The first kappa shape index (κ1) is 20.0. The van der Waals surface area contributed by atoms with E-state index in [1.807, 2.05) is 37.3 Å². The van der Waals surface area contributed by atoms with Crippen molar-refractivity contribution in [3.63, 3.8) is 0 Å². The minimum atomic E-state index is -0.629. The molecule has 0 fully saturated rings. The second kappa shape index (κ2) is 8.10. The fourth-order valence-corrected chi connectivity index (χ4v) is 3.44. The van der Waals surface area contributed by atoms with Crippen molar-refractivity contribution in [3.05, 3.63) is 92.7 Å². The number of nitro benzene ring substituents is 1. The summed E-state index contributed by atoms with van der Waals surface area (Å²) in [5, 5.41) is 11.1. The van der Waals surface area contributed by atoms with Gasteiger partial charge in [0.1, 0.15) is 0 Å². The van der Waals surface area contributed by atoms with E-state index in [1.54, 1.807) is 17.9 Å². The Balaban J connectivity index is 2.10. The van der Waals surface area contributed by atoms with Gasteiger partial charge in [0.25, 0.3) is 11.6 Å². The maximum absolute atomic E-state index is 13.3. The van der Waals surface area contributed by atoms with E-state index in [4.69, 9.17) is 4.74 Å². The number of hydrogen-bond acceptors (Lipinski definition) is 5. The predicted molar refractivity (Wildman–Crippen MR) is 107 cm³/mol. The molecule has 29 heavy (non-hydrogen) atoms. The Hall–Kier alpha value is -3.74. The number of nitro groups is 1. The maximum Gasteiger partial charge on any atom is 0.340 e. The van der Waals surface area contributed by atoms with Gasteiger partial charge < -0.3 is 9.64 Å². The Morgan fingerprint density at radius 2 is 1.86 bits per heavy atom. The first-order valence-electron chi connectivity index (χ1n) is 8.99. The Morgan fingerprint density at radius 3 is 2.48 bits per heavy atom. The molecule has 0 aromatic heterocycles. The van der Waals surface area contributed by atoms with Gasteiger partial charge in [-0.1, -0.05) is 42.5 Å². The summed E-state index contributed by atoms with van der Waals surface area (Å²) in [4.78, 5) is 37.8. The number of methoxy groups -OCH3 is 1. The lowest BCUT2D eigenvalue weighted by Gasteiger charge is -2.26. The summed E-state index contributed by atoms with van der Waals surface area (Å²) in [6, 6.07) is 15.1. The smallest absolute Gasteiger partial charge is 0.340 e. The Kier molecular flexibility index (Phi) is 5.59. The highest BCUT2D eigenvalue weighted by Gasteiger charge is 2.39. The topological polar surface area (TPSA) is 89.8 Å². The van der Waals surface area contributed by atoms with Crippen LogP contribution in [0.5, 0.6) is 0 Å². The SMILES string of the molecule is COC(=O)C1=C(C)N([C@H](C)c2ccccc2)C(=O)/C1=C\c1cccc([N+](=O)[O-])c1. The van der Waals surface area contributed by atoms with Crippen molar-refractivity contribution in [2.75, 3.05) is 7.11 Å². The average molecular weight is 392 g/mol. The van der Waals surface area contributed by atoms with Crippen LogP contribution in [0.4, 0.5) is 5.69 Å². The lowest BCUT2D eigenvalue weighted by molar-refractivity contribution is -0.384. The molecule has 0 bridgehead atoms. The summed E-state index contributed by atoms with van der Waals surface area (Å²) in [6.07, 6.45) is 1.49. The third-order valence-electron chi connectivity index (χ3n) is 4.89. The summed E-state index contributed by atoms with van der Waals surface area (Å²) in [7, 11) is 1.25. The molecule has 0 N–H and O–H groups in total. The molecule has 0 radical (unpaired) electrons. The van der Waals surface area contributed by atoms with Crippen LogP contribution in [0.1, 0.15) is 31.0 Å². The van der Waals surface area contributed by atoms with Crippen molar-refractivity contribution in [1.82, 2.24) is 4.90 Å². The van der Waals surface area contributed by atoms with Gasteiger partial charge >= 0.3 is 5.97 Å². The van der Waals surface area contributed by atoms with Gasteiger partial charge in [-0.15, -0.1) is 0 Å². The van der Waals surface area contributed by atoms with Crippen molar-refractivity contribution >= 4 is 23.6 Å². The number of ether oxygens (including phenoxy) is 1. The fraction of sp³-hybridized carbons (Fsp3) is 0.182. The number of non-ortho nitro benzene ring substituents is 1. The molecule has 1 amide bonds. The van der Waals surface area contributed by atoms with Crippen LogP contribution >= 0.6 is 0 Å². The summed E-state index contributed by atoms with van der Waals surface area (Å²) in [5.74, 6) is -0.985. The minimum absolute atomic E-state index is 0.0976. The number of carbonyl (C=O) groups excluding carboxylic acids is 2. The molecule has 1 heterocycles. The van der Waals surface area contributed by atoms with Crippen molar-refractivity contribution in [2.45, 2.75) is 19.9 Å². The summed E-state index contributed by atoms with van der Waals surface area (Å²) < 4.78 is 4.89. The van der Waals surface area contributed by atoms with Crippen LogP contribution in [-0.4, -0.2) is 28.8 Å². The summed E-state index contributed by atoms with van der Waals surface area (Å²) in [5.41, 5.74) is 2.06. The van der Waals surface area contributed by atoms with E-state index in [-0.39, 0.29) is 28.8 Å². The van der Waals surface area contributed by atoms with Gasteiger partial charge in [-0.05, 0) is 31.1 Å². The van der Waals surface area contributed by atoms with E-state index in [9.17, 15) is 19.7 Å². The molecule has 0 spiro atoms. The largest absolute Gasteiger partial charge is 0.465 e. The Bertz CT molecular complexity index is 1040. The highest BCUT2D eigenvalue weighted by Crippen LogP contribution is 2.37. The second-order valence-electron chi connectivity index (χ2n) is 6.62. The number of nitrogens with zero attached hydrogens (tertiary/aromatic N) is 2. The number of hydrogen-bond donors (Lipinski definition) is 0. The van der Waals surface area contributed by atoms with Crippen LogP contribution < -0.4 is 0 Å². The van der Waals surface area contributed by atoms with Crippen molar-refractivity contribution in [3.8, 4) is 0 Å². The number of allylic oxidation sites excluding steroid dienone is 1. The number of amides is 1. The third kappa shape index (κ3) is 3.80. The van der Waals surface area contributed by atoms with Crippen LogP contribution in [0, 0.1) is 10.1 Å². The first-order chi connectivity index (χ1) is 13.8. The summed E-state index contributed by atoms with van der Waals surface area (Å²) >= 11 is 0. The van der Waals surface area contributed by atoms with Gasteiger partial charge in [0.05, 0.1) is 29.2 Å². The van der Waals surface area contributed by atoms with Gasteiger partial charge in [-0.3, -0.25) is 14.9 Å². The molecule has 3 rings (SSSR count). The molecule has 1 aliphatic heterocycles. The summed E-state index contributed by atoms with van der Waals surface area (Å²) in [6.45, 7) is 3.57. The number of carbonyl (C=O) groups is 2. The average Bonchev–Trinajstić information content (AvgIpc) is 2.97. The van der Waals surface area contributed by atoms with Gasteiger partial charge in [0, 0.05) is 17.8 Å². The quantitative estimate of drug-likeness (QED) is 0.332. The minimum Gasteiger partial charge on any atom is -0.465 e. The van der Waals surface area contributed by atoms with E-state index < -0.39 is 10.9 Å². The highest BCUT2D eigenvalue weighted by molar-refractivity contribution is 6.16. The molecular formula is C22H20N2O5. The second-order valence-corrected chi connectivity index (χ2v) is 6.62. The monoisotopic (exact) mass is 392 g/mol. The molecule has 7 heteroatoms. The Labute approximate surface area is 168 Å². The fourth-order valence-electron chi connectivity index (χ4n) is 3.44. The van der Waals surface area contributed by atoms with E-state index in [1.165, 1.54) is 31.4 Å². The van der Waals surface area contributed by atoms with Crippen LogP contribution in [0.25, 0.3) is 6.08 Å². The van der Waals surface area contributed by atoms with Crippen LogP contribution in [0.15, 0.2) is 71.4 Å². The standard InChI is InChI=1S/C22H20N2O5/c1-14(17-9-5-4-6-10-17)23-15(2)20(22(26)29-3)19(21(23)25)13-16-8-7-11-18(12-16)24(27)28/h4-14H,1-3H3/b19-13-/t14-/m1/s1. The zero-order valence-corrected chi connectivity index (χ0v) is 16.3. The van der Waals surface area contributed by atoms with Gasteiger partial charge in [0.2, 0.25) is 0 Å². The predicted octanol–water partition coefficient (Wildman–Crippen LogP) is 4.03. The maximum atomic E-state index is 13.3. The van der Waals surface area contributed by atoms with Crippen LogP contribution in [0.3, 0.4) is 0 Å². The van der Waals surface area contributed by atoms with Crippen molar-refractivity contribution < 1.29 is 19.2 Å². The number of esters is 1. The number of rotatable bonds is 5. The lowest BCUT2D eigenvalue weighted by atomic mass is 10.0. The van der Waals surface area contributed by atoms with Crippen molar-refractivity contribution in [2.24, 2.45) is 0 Å². The molecule has 1 aliphatic rings. The lowest BCUT2D eigenvalue weighted by Crippen LogP contribution is -2.28. The molecule has 0 saturated heterocycles. The van der Waals surface area contributed by atoms with Crippen LogP contribution in [-0.2, 0) is 14.3 Å². The molecule has 0 unspecified atom stereocenters. The molecule has 0 saturated carbocycles. The van der Waals surface area contributed by atoms with Gasteiger partial charge in [-0.2, -0.15) is 0 Å². The van der Waals surface area contributed by atoms with E-state index in [0.717, 1.165) is 5.56 Å². The Morgan fingerprint density at radius 1 is 1.17 bits per heavy atom. The zero-order valence-electron chi connectivity index (χ0n) is 16.3. The molecular weight excluding hydrogens is 372 g/mol. The van der Waals surface area contributed by atoms with E-state index in [0.29, 0.717) is 11.3 Å². The third-order valence-corrected chi connectivity index (χ3v) is 4.89. The van der Waals surface area contributed by atoms with Crippen LogP contribution in [0.2, 0.25) is 0 Å². The van der Waals surface area contributed by atoms with Gasteiger partial charge in [0.15, 0.2) is 0 Å². The number of benzene rings is 2. The van der Waals surface area contributed by atoms with Crippen molar-refractivity contribution in [1.29, 1.82) is 0 Å². The zero-order chi connectivity index (χ0) is 21.1. The molecule has 7 nitrogen and oxygen atoms in total. The van der Waals surface area contributed by atoms with E-state index >= 15 is 0 Å². The normalized spacial score (nSPS) is 16.3. The van der Waals surface area contributed by atoms with E-state index in [2.05, 4.69) is 0 Å². The molecule has 0 aliphatic carbocycles. The molecule has 1 atom stereocenters. The first-order valence-corrected chi connectivity index (χ1v) is 8.99. The highest BCUT2D eigenvalue weighted by atomic mass is 16.6. The van der Waals surface area contributed by atoms with Gasteiger partial charge in [-0.25, -0.2) is 4.79 Å². The molecule has 148 valence electrons. The molecule has 2 aromatic carbocycles. The molecule has 2 aromatic rings.